The fourth-order valence-electron chi connectivity index (χ4n) is 2.95. The standard InChI is InChI=1S/C23H30Cl2N2O/c1-5-7-13-26(14-8-6-2)23(28)27(19-11-9-17(3)21(24)15-19)20-12-10-18(4)22(25)16-20/h9-12,15-16H,5-8,13-14H2,1-4H3. The molecule has 0 saturated heterocycles. The Morgan fingerprint density at radius 2 is 1.25 bits per heavy atom. The van der Waals surface area contributed by atoms with Gasteiger partial charge in [0.15, 0.2) is 0 Å². The van der Waals surface area contributed by atoms with Gasteiger partial charge in [0.2, 0.25) is 0 Å². The monoisotopic (exact) mass is 420 g/mol. The predicted octanol–water partition coefficient (Wildman–Crippen LogP) is 7.77. The molecule has 0 radical (unpaired) electrons. The summed E-state index contributed by atoms with van der Waals surface area (Å²) in [4.78, 5) is 17.3. The van der Waals surface area contributed by atoms with Crippen molar-refractivity contribution in [2.75, 3.05) is 18.0 Å². The number of aryl methyl sites for hydroxylation is 2. The van der Waals surface area contributed by atoms with E-state index in [1.54, 1.807) is 4.90 Å². The largest absolute Gasteiger partial charge is 0.329 e. The summed E-state index contributed by atoms with van der Waals surface area (Å²) >= 11 is 12.8. The van der Waals surface area contributed by atoms with Gasteiger partial charge in [0, 0.05) is 23.1 Å². The number of nitrogens with zero attached hydrogens (tertiary/aromatic N) is 2. The van der Waals surface area contributed by atoms with Gasteiger partial charge in [-0.2, -0.15) is 0 Å². The van der Waals surface area contributed by atoms with Crippen molar-refractivity contribution in [2.45, 2.75) is 53.4 Å². The summed E-state index contributed by atoms with van der Waals surface area (Å²) in [5.41, 5.74) is 3.46. The third-order valence-electron chi connectivity index (χ3n) is 4.85. The van der Waals surface area contributed by atoms with E-state index in [2.05, 4.69) is 13.8 Å². The molecule has 5 heteroatoms. The van der Waals surface area contributed by atoms with Crippen molar-refractivity contribution in [1.29, 1.82) is 0 Å². The zero-order valence-corrected chi connectivity index (χ0v) is 18.8. The minimum absolute atomic E-state index is 0.0401. The third kappa shape index (κ3) is 5.65. The number of hydrogen-bond acceptors (Lipinski definition) is 1. The highest BCUT2D eigenvalue weighted by Gasteiger charge is 2.24. The quantitative estimate of drug-likeness (QED) is 0.427. The molecule has 0 spiro atoms. The maximum atomic E-state index is 13.6. The van der Waals surface area contributed by atoms with Crippen LogP contribution in [0.15, 0.2) is 36.4 Å². The fraction of sp³-hybridized carbons (Fsp3) is 0.435. The Bertz CT molecular complexity index is 748. The van der Waals surface area contributed by atoms with Crippen molar-refractivity contribution in [3.63, 3.8) is 0 Å². The predicted molar refractivity (Wildman–Crippen MR) is 121 cm³/mol. The van der Waals surface area contributed by atoms with E-state index in [0.29, 0.717) is 10.0 Å². The Morgan fingerprint density at radius 3 is 1.61 bits per heavy atom. The first-order chi connectivity index (χ1) is 13.4. The molecular weight excluding hydrogens is 391 g/mol. The van der Waals surface area contributed by atoms with Crippen LogP contribution in [-0.2, 0) is 0 Å². The number of anilines is 2. The van der Waals surface area contributed by atoms with E-state index >= 15 is 0 Å². The van der Waals surface area contributed by atoms with Gasteiger partial charge in [0.1, 0.15) is 0 Å². The van der Waals surface area contributed by atoms with Crippen LogP contribution in [-0.4, -0.2) is 24.0 Å². The Hall–Kier alpha value is -1.71. The van der Waals surface area contributed by atoms with Gasteiger partial charge in [0.05, 0.1) is 11.4 Å². The molecule has 2 rings (SSSR count). The number of amides is 2. The molecule has 0 aliphatic rings. The van der Waals surface area contributed by atoms with Crippen LogP contribution < -0.4 is 4.90 Å². The van der Waals surface area contributed by atoms with Gasteiger partial charge in [-0.1, -0.05) is 62.0 Å². The van der Waals surface area contributed by atoms with Crippen LogP contribution in [0.1, 0.15) is 50.7 Å². The van der Waals surface area contributed by atoms with E-state index in [-0.39, 0.29) is 6.03 Å². The number of rotatable bonds is 8. The first kappa shape index (κ1) is 22.6. The topological polar surface area (TPSA) is 23.6 Å². The first-order valence-corrected chi connectivity index (χ1v) is 10.8. The summed E-state index contributed by atoms with van der Waals surface area (Å²) in [6.07, 6.45) is 4.05. The van der Waals surface area contributed by atoms with Gasteiger partial charge in [-0.05, 0) is 62.1 Å². The van der Waals surface area contributed by atoms with Gasteiger partial charge < -0.3 is 4.90 Å². The van der Waals surface area contributed by atoms with Gasteiger partial charge in [0.25, 0.3) is 0 Å². The summed E-state index contributed by atoms with van der Waals surface area (Å²) in [7, 11) is 0. The molecule has 0 atom stereocenters. The van der Waals surface area contributed by atoms with Gasteiger partial charge in [-0.25, -0.2) is 4.79 Å². The SMILES string of the molecule is CCCCN(CCCC)C(=O)N(c1ccc(C)c(Cl)c1)c1ccc(C)c(Cl)c1. The second-order valence-corrected chi connectivity index (χ2v) is 7.99. The molecule has 2 amide bonds. The van der Waals surface area contributed by atoms with E-state index < -0.39 is 0 Å². The van der Waals surface area contributed by atoms with E-state index in [1.807, 2.05) is 55.1 Å². The lowest BCUT2D eigenvalue weighted by atomic mass is 10.1. The van der Waals surface area contributed by atoms with E-state index in [0.717, 1.165) is 61.3 Å². The van der Waals surface area contributed by atoms with Crippen LogP contribution in [0.4, 0.5) is 16.2 Å². The van der Waals surface area contributed by atoms with Crippen molar-refractivity contribution >= 4 is 40.6 Å². The van der Waals surface area contributed by atoms with Crippen LogP contribution in [0.25, 0.3) is 0 Å². The molecule has 2 aromatic carbocycles. The van der Waals surface area contributed by atoms with Crippen molar-refractivity contribution in [3.05, 3.63) is 57.6 Å². The van der Waals surface area contributed by atoms with Crippen LogP contribution in [0, 0.1) is 13.8 Å². The number of carbonyl (C=O) groups excluding carboxylic acids is 1. The second-order valence-electron chi connectivity index (χ2n) is 7.18. The van der Waals surface area contributed by atoms with E-state index in [9.17, 15) is 4.79 Å². The third-order valence-corrected chi connectivity index (χ3v) is 5.67. The summed E-state index contributed by atoms with van der Waals surface area (Å²) in [6.45, 7) is 9.67. The lowest BCUT2D eigenvalue weighted by Gasteiger charge is -2.31. The fourth-order valence-corrected chi connectivity index (χ4v) is 3.30. The highest BCUT2D eigenvalue weighted by Crippen LogP contribution is 2.33. The molecule has 0 aliphatic carbocycles. The smallest absolute Gasteiger partial charge is 0.324 e. The molecule has 0 heterocycles. The number of urea groups is 1. The molecule has 0 aromatic heterocycles. The zero-order chi connectivity index (χ0) is 20.7. The Morgan fingerprint density at radius 1 is 0.821 bits per heavy atom. The number of benzene rings is 2. The van der Waals surface area contributed by atoms with Crippen molar-refractivity contribution < 1.29 is 4.79 Å². The second kappa shape index (κ2) is 10.7. The highest BCUT2D eigenvalue weighted by atomic mass is 35.5. The molecular formula is C23H30Cl2N2O. The van der Waals surface area contributed by atoms with Crippen LogP contribution >= 0.6 is 23.2 Å². The first-order valence-electron chi connectivity index (χ1n) is 10.00. The van der Waals surface area contributed by atoms with Crippen molar-refractivity contribution in [1.82, 2.24) is 4.90 Å². The number of carbonyl (C=O) groups is 1. The summed E-state index contributed by atoms with van der Waals surface area (Å²) in [5.74, 6) is 0. The van der Waals surface area contributed by atoms with Gasteiger partial charge >= 0.3 is 6.03 Å². The molecule has 0 aliphatic heterocycles. The molecule has 2 aromatic rings. The maximum Gasteiger partial charge on any atom is 0.329 e. The minimum Gasteiger partial charge on any atom is -0.324 e. The molecule has 0 fully saturated rings. The van der Waals surface area contributed by atoms with E-state index in [4.69, 9.17) is 23.2 Å². The molecule has 0 unspecified atom stereocenters. The van der Waals surface area contributed by atoms with Gasteiger partial charge in [-0.15, -0.1) is 0 Å². The van der Waals surface area contributed by atoms with Crippen molar-refractivity contribution in [2.24, 2.45) is 0 Å². The molecule has 3 nitrogen and oxygen atoms in total. The maximum absolute atomic E-state index is 13.6. The normalized spacial score (nSPS) is 10.8. The number of halogens is 2. The Balaban J connectivity index is 2.49. The summed E-state index contributed by atoms with van der Waals surface area (Å²) < 4.78 is 0. The van der Waals surface area contributed by atoms with Crippen LogP contribution in [0.3, 0.4) is 0 Å². The number of unbranched alkanes of at least 4 members (excludes halogenated alkanes) is 2. The average Bonchev–Trinajstić information content (AvgIpc) is 2.67. The molecule has 28 heavy (non-hydrogen) atoms. The molecule has 0 N–H and O–H groups in total. The van der Waals surface area contributed by atoms with Crippen LogP contribution in [0.5, 0.6) is 0 Å². The van der Waals surface area contributed by atoms with Crippen LogP contribution in [0.2, 0.25) is 10.0 Å². The highest BCUT2D eigenvalue weighted by molar-refractivity contribution is 6.32. The minimum atomic E-state index is -0.0401. The lowest BCUT2D eigenvalue weighted by Crippen LogP contribution is -2.42. The summed E-state index contributed by atoms with van der Waals surface area (Å²) in [5, 5.41) is 1.28. The lowest BCUT2D eigenvalue weighted by molar-refractivity contribution is 0.205. The average molecular weight is 421 g/mol. The molecule has 152 valence electrons. The number of hydrogen-bond donors (Lipinski definition) is 0. The van der Waals surface area contributed by atoms with Crippen molar-refractivity contribution in [3.8, 4) is 0 Å². The molecule has 0 saturated carbocycles. The van der Waals surface area contributed by atoms with Gasteiger partial charge in [-0.3, -0.25) is 4.90 Å². The molecule has 0 bridgehead atoms. The Kier molecular flexibility index (Phi) is 8.65. The summed E-state index contributed by atoms with van der Waals surface area (Å²) in [6, 6.07) is 11.4. The van der Waals surface area contributed by atoms with E-state index in [1.165, 1.54) is 0 Å². The Labute approximate surface area is 179 Å². The zero-order valence-electron chi connectivity index (χ0n) is 17.3.